The van der Waals surface area contributed by atoms with E-state index in [-0.39, 0.29) is 23.3 Å². The van der Waals surface area contributed by atoms with E-state index in [1.165, 1.54) is 25.7 Å². The summed E-state index contributed by atoms with van der Waals surface area (Å²) >= 11 is 0. The van der Waals surface area contributed by atoms with Gasteiger partial charge in [-0.25, -0.2) is 30.7 Å². The van der Waals surface area contributed by atoms with Crippen molar-refractivity contribution in [3.63, 3.8) is 0 Å². The van der Waals surface area contributed by atoms with Gasteiger partial charge in [0.25, 0.3) is 0 Å². The van der Waals surface area contributed by atoms with Crippen LogP contribution in [0.1, 0.15) is 86.5 Å². The molecule has 0 unspecified atom stereocenters. The average Bonchev–Trinajstić information content (AvgIpc) is 3.06. The molecule has 0 amide bonds. The van der Waals surface area contributed by atoms with Crippen LogP contribution in [0.5, 0.6) is 5.75 Å². The lowest BCUT2D eigenvalue weighted by atomic mass is 9.77. The number of unbranched alkanes of at least 4 members (excludes halogenated alkanes) is 2. The highest BCUT2D eigenvalue weighted by Gasteiger charge is 2.43. The van der Waals surface area contributed by atoms with Crippen molar-refractivity contribution in [2.24, 2.45) is 5.92 Å². The molecule has 0 aliphatic heterocycles. The van der Waals surface area contributed by atoms with E-state index < -0.39 is 82.8 Å². The lowest BCUT2D eigenvalue weighted by Crippen LogP contribution is -2.26. The Morgan fingerprint density at radius 1 is 0.615 bits per heavy atom. The molecule has 0 aromatic heterocycles. The predicted octanol–water partition coefficient (Wildman–Crippen LogP) is 12.6. The standard InChI is InChI=1S/C39H35F11O2/c1-2-3-4-5-22-6-8-24(9-7-22)25-10-12-26(13-11-25)27-18-29(40)36(30(41)19-27)39(49,50)52-28-20-31(42)35(32(43)21-28)38(47,48)51-15-14-23-16-33(44)37(46)34(45)17-23/h10-13,16-22,24H,2-9,14-15H2,1H3. The molecule has 0 spiro atoms. The molecular formula is C39H35F11O2. The van der Waals surface area contributed by atoms with Crippen LogP contribution in [-0.4, -0.2) is 6.61 Å². The largest absolute Gasteiger partial charge is 0.432 e. The van der Waals surface area contributed by atoms with Crippen LogP contribution >= 0.6 is 0 Å². The van der Waals surface area contributed by atoms with E-state index in [1.54, 1.807) is 12.1 Å². The van der Waals surface area contributed by atoms with Crippen molar-refractivity contribution in [3.05, 3.63) is 124 Å². The lowest BCUT2D eigenvalue weighted by molar-refractivity contribution is -0.251. The summed E-state index contributed by atoms with van der Waals surface area (Å²) in [5.74, 6) is -13.0. The highest BCUT2D eigenvalue weighted by Crippen LogP contribution is 2.41. The highest BCUT2D eigenvalue weighted by atomic mass is 19.3. The monoisotopic (exact) mass is 744 g/mol. The van der Waals surface area contributed by atoms with Crippen molar-refractivity contribution in [2.75, 3.05) is 6.61 Å². The van der Waals surface area contributed by atoms with Crippen molar-refractivity contribution in [3.8, 4) is 16.9 Å². The topological polar surface area (TPSA) is 18.5 Å². The maximum atomic E-state index is 15.1. The first kappa shape index (κ1) is 39.1. The second kappa shape index (κ2) is 16.3. The number of halogens is 11. The fourth-order valence-electron chi connectivity index (χ4n) is 6.64. The Kier molecular flexibility index (Phi) is 12.2. The fraction of sp³-hybridized carbons (Fsp3) is 0.385. The summed E-state index contributed by atoms with van der Waals surface area (Å²) in [4.78, 5) is 0. The van der Waals surface area contributed by atoms with E-state index in [4.69, 9.17) is 0 Å². The summed E-state index contributed by atoms with van der Waals surface area (Å²) in [6, 6.07) is 9.17. The molecule has 1 aliphatic carbocycles. The molecule has 0 heterocycles. The Hall–Kier alpha value is -4.13. The lowest BCUT2D eigenvalue weighted by Gasteiger charge is -2.29. The molecule has 280 valence electrons. The van der Waals surface area contributed by atoms with Gasteiger partial charge in [0.05, 0.1) is 6.61 Å². The number of hydrogen-bond donors (Lipinski definition) is 0. The van der Waals surface area contributed by atoms with Crippen molar-refractivity contribution >= 4 is 0 Å². The van der Waals surface area contributed by atoms with Gasteiger partial charge in [-0.2, -0.15) is 17.6 Å². The molecule has 1 fully saturated rings. The van der Waals surface area contributed by atoms with E-state index in [9.17, 15) is 30.7 Å². The minimum absolute atomic E-state index is 0.0564. The molecule has 13 heteroatoms. The molecule has 2 nitrogen and oxygen atoms in total. The summed E-state index contributed by atoms with van der Waals surface area (Å²) in [5.41, 5.74) is -2.85. The Balaban J connectivity index is 1.25. The number of hydrogen-bond acceptors (Lipinski definition) is 2. The third-order valence-electron chi connectivity index (χ3n) is 9.38. The van der Waals surface area contributed by atoms with E-state index in [2.05, 4.69) is 16.4 Å². The van der Waals surface area contributed by atoms with Gasteiger partial charge in [-0.15, -0.1) is 0 Å². The smallest absolute Gasteiger partial charge is 0.429 e. The van der Waals surface area contributed by atoms with Gasteiger partial charge in [-0.05, 0) is 90.5 Å². The van der Waals surface area contributed by atoms with Crippen LogP contribution < -0.4 is 4.74 Å². The number of alkyl halides is 4. The minimum Gasteiger partial charge on any atom is -0.429 e. The molecule has 1 saturated carbocycles. The van der Waals surface area contributed by atoms with E-state index in [1.807, 2.05) is 12.1 Å². The zero-order chi connectivity index (χ0) is 37.8. The van der Waals surface area contributed by atoms with Gasteiger partial charge in [-0.3, -0.25) is 0 Å². The Labute approximate surface area is 293 Å². The summed E-state index contributed by atoms with van der Waals surface area (Å²) in [6.07, 6.45) is -1.05. The minimum atomic E-state index is -4.86. The molecule has 52 heavy (non-hydrogen) atoms. The molecule has 1 aliphatic rings. The predicted molar refractivity (Wildman–Crippen MR) is 171 cm³/mol. The van der Waals surface area contributed by atoms with E-state index in [0.717, 1.165) is 31.2 Å². The average molecular weight is 745 g/mol. The molecule has 0 atom stereocenters. The zero-order valence-corrected chi connectivity index (χ0v) is 28.0. The summed E-state index contributed by atoms with van der Waals surface area (Å²) in [6.45, 7) is 1.11. The zero-order valence-electron chi connectivity index (χ0n) is 28.0. The van der Waals surface area contributed by atoms with Crippen LogP contribution in [0.3, 0.4) is 0 Å². The number of ether oxygens (including phenoxy) is 2. The van der Waals surface area contributed by atoms with E-state index in [0.29, 0.717) is 41.7 Å². The van der Waals surface area contributed by atoms with Crippen LogP contribution in [0, 0.1) is 46.6 Å². The SMILES string of the molecule is CCCCCC1CCC(c2ccc(-c3cc(F)c(C(F)(F)Oc4cc(F)c(C(F)(F)OCCc5cc(F)c(F)c(F)c5)c(F)c4)c(F)c3)cc2)CC1. The first-order valence-electron chi connectivity index (χ1n) is 16.9. The fourth-order valence-corrected chi connectivity index (χ4v) is 6.64. The van der Waals surface area contributed by atoms with E-state index >= 15 is 17.6 Å². The number of rotatable bonds is 14. The van der Waals surface area contributed by atoms with Crippen LogP contribution in [0.4, 0.5) is 48.3 Å². The van der Waals surface area contributed by atoms with Gasteiger partial charge in [0.1, 0.15) is 40.1 Å². The summed E-state index contributed by atoms with van der Waals surface area (Å²) in [5, 5.41) is 0. The first-order valence-corrected chi connectivity index (χ1v) is 16.9. The third-order valence-corrected chi connectivity index (χ3v) is 9.38. The Morgan fingerprint density at radius 2 is 1.15 bits per heavy atom. The van der Waals surface area contributed by atoms with Crippen molar-refractivity contribution in [1.82, 2.24) is 0 Å². The van der Waals surface area contributed by atoms with Crippen LogP contribution in [-0.2, 0) is 23.4 Å². The Morgan fingerprint density at radius 3 is 1.71 bits per heavy atom. The molecule has 5 rings (SSSR count). The molecule has 0 N–H and O–H groups in total. The molecule has 0 bridgehead atoms. The van der Waals surface area contributed by atoms with Crippen molar-refractivity contribution in [2.45, 2.75) is 82.8 Å². The van der Waals surface area contributed by atoms with Crippen LogP contribution in [0.25, 0.3) is 11.1 Å². The maximum absolute atomic E-state index is 15.1. The van der Waals surface area contributed by atoms with Gasteiger partial charge in [0.15, 0.2) is 17.5 Å². The first-order chi connectivity index (χ1) is 24.6. The molecule has 4 aromatic carbocycles. The number of benzene rings is 4. The van der Waals surface area contributed by atoms with Crippen LogP contribution in [0.15, 0.2) is 60.7 Å². The molecule has 4 aromatic rings. The van der Waals surface area contributed by atoms with Crippen LogP contribution in [0.2, 0.25) is 0 Å². The molecule has 0 saturated heterocycles. The molecule has 0 radical (unpaired) electrons. The van der Waals surface area contributed by atoms with Gasteiger partial charge < -0.3 is 9.47 Å². The van der Waals surface area contributed by atoms with Crippen molar-refractivity contribution in [1.29, 1.82) is 0 Å². The van der Waals surface area contributed by atoms with Crippen molar-refractivity contribution < 1.29 is 57.8 Å². The second-order valence-electron chi connectivity index (χ2n) is 13.0. The normalized spacial score (nSPS) is 16.7. The van der Waals surface area contributed by atoms with Gasteiger partial charge >= 0.3 is 12.2 Å². The second-order valence-corrected chi connectivity index (χ2v) is 13.0. The summed E-state index contributed by atoms with van der Waals surface area (Å²) < 4.78 is 167. The third kappa shape index (κ3) is 9.08. The quantitative estimate of drug-likeness (QED) is 0.0727. The Bertz CT molecular complexity index is 1780. The molecular weight excluding hydrogens is 709 g/mol. The summed E-state index contributed by atoms with van der Waals surface area (Å²) in [7, 11) is 0. The van der Waals surface area contributed by atoms with Gasteiger partial charge in [0.2, 0.25) is 0 Å². The maximum Gasteiger partial charge on any atom is 0.432 e. The van der Waals surface area contributed by atoms with Gasteiger partial charge in [0, 0.05) is 12.1 Å². The van der Waals surface area contributed by atoms with Gasteiger partial charge in [-0.1, -0.05) is 56.9 Å². The highest BCUT2D eigenvalue weighted by molar-refractivity contribution is 5.64.